The average Bonchev–Trinajstić information content (AvgIpc) is 1.69. The third-order valence-corrected chi connectivity index (χ3v) is 1.02. The fourth-order valence-electron chi connectivity index (χ4n) is 0.420. The van der Waals surface area contributed by atoms with Gasteiger partial charge in [-0.1, -0.05) is 30.3 Å². The van der Waals surface area contributed by atoms with Gasteiger partial charge >= 0.3 is 0 Å². The van der Waals surface area contributed by atoms with Gasteiger partial charge in [-0.2, -0.15) is 4.90 Å². The maximum atomic E-state index is 4.81. The Labute approximate surface area is 80.0 Å². The van der Waals surface area contributed by atoms with Crippen molar-refractivity contribution >= 4 is 12.6 Å². The smallest absolute Gasteiger partial charge is 0 e. The number of hydrogen-bond donors (Lipinski definition) is 0. The van der Waals surface area contributed by atoms with E-state index in [2.05, 4.69) is 0 Å². The van der Waals surface area contributed by atoms with Crippen LogP contribution in [-0.4, -0.2) is 0 Å². The van der Waals surface area contributed by atoms with Crippen LogP contribution >= 0.6 is 0 Å². The van der Waals surface area contributed by atoms with Gasteiger partial charge in [0.1, 0.15) is 0 Å². The summed E-state index contributed by atoms with van der Waals surface area (Å²) >= 11 is 4.81. The van der Waals surface area contributed by atoms with Crippen molar-refractivity contribution in [1.82, 2.24) is 0 Å². The average molecular weight is 198 g/mol. The van der Waals surface area contributed by atoms with Crippen LogP contribution in [0.25, 0.3) is 0 Å². The third kappa shape index (κ3) is 2.76. The molecule has 0 aromatic heterocycles. The Morgan fingerprint density at radius 2 is 1.50 bits per heavy atom. The van der Waals surface area contributed by atoms with E-state index in [1.165, 1.54) is 0 Å². The van der Waals surface area contributed by atoms with Gasteiger partial charge in [0.15, 0.2) is 0 Å². The summed E-state index contributed by atoms with van der Waals surface area (Å²) in [5, 5.41) is 0. The van der Waals surface area contributed by atoms with Crippen LogP contribution in [0.15, 0.2) is 35.2 Å². The second-order valence-corrected chi connectivity index (χ2v) is 1.78. The Morgan fingerprint density at radius 1 is 1.00 bits per heavy atom. The van der Waals surface area contributed by atoms with Gasteiger partial charge in [0, 0.05) is 32.7 Å². The molecule has 0 saturated carbocycles. The molecule has 1 aromatic rings. The minimum Gasteiger partial charge on any atom is -0.780 e. The fraction of sp³-hybridized carbons (Fsp3) is 0. The molecule has 0 aliphatic rings. The van der Waals surface area contributed by atoms with E-state index >= 15 is 0 Å². The van der Waals surface area contributed by atoms with E-state index in [1.54, 1.807) is 0 Å². The molecule has 0 amide bonds. The summed E-state index contributed by atoms with van der Waals surface area (Å²) in [6, 6.07) is 9.62. The Morgan fingerprint density at radius 3 is 1.75 bits per heavy atom. The molecule has 0 unspecified atom stereocenters. The van der Waals surface area contributed by atoms with Gasteiger partial charge in [-0.05, 0) is 0 Å². The van der Waals surface area contributed by atoms with Crippen molar-refractivity contribution in [3.8, 4) is 0 Å². The first-order valence-corrected chi connectivity index (χ1v) is 2.52. The molecule has 0 saturated heterocycles. The first kappa shape index (κ1) is 8.54. The maximum absolute atomic E-state index is 4.81. The Kier molecular flexibility index (Phi) is 4.73. The molecule has 0 fully saturated rings. The van der Waals surface area contributed by atoms with Crippen molar-refractivity contribution in [3.05, 3.63) is 30.3 Å². The Bertz CT molecular complexity index is 138. The minimum atomic E-state index is 0. The maximum Gasteiger partial charge on any atom is 0 e. The summed E-state index contributed by atoms with van der Waals surface area (Å²) in [7, 11) is 0. The molecular weight excluding hydrogens is 193 g/mol. The van der Waals surface area contributed by atoms with Gasteiger partial charge in [-0.15, -0.1) is 0 Å². The predicted octanol–water partition coefficient (Wildman–Crippen LogP) is 1.59. The molecule has 0 atom stereocenters. The van der Waals surface area contributed by atoms with Crippen LogP contribution in [0.5, 0.6) is 0 Å². The Hall–Kier alpha value is 0.544. The van der Waals surface area contributed by atoms with Crippen molar-refractivity contribution in [2.75, 3.05) is 0 Å². The van der Waals surface area contributed by atoms with Crippen molar-refractivity contribution in [2.24, 2.45) is 0 Å². The summed E-state index contributed by atoms with van der Waals surface area (Å²) in [5.41, 5.74) is 0. The zero-order valence-corrected chi connectivity index (χ0v) is 8.03. The van der Waals surface area contributed by atoms with E-state index in [4.69, 9.17) is 12.6 Å². The zero-order chi connectivity index (χ0) is 5.11. The molecule has 0 spiro atoms. The summed E-state index contributed by atoms with van der Waals surface area (Å²) in [4.78, 5) is 0.905. The zero-order valence-electron chi connectivity index (χ0n) is 4.37. The van der Waals surface area contributed by atoms with E-state index in [0.717, 1.165) is 4.90 Å². The molecule has 0 nitrogen and oxygen atoms in total. The molecule has 0 aliphatic heterocycles. The molecule has 0 N–H and O–H groups in total. The molecule has 1 radical (unpaired) electrons. The standard InChI is InChI=1S/C6H6S.Y/c7-6-4-2-1-3-5-6;/h1-5,7H;/p-1. The molecule has 0 bridgehead atoms. The van der Waals surface area contributed by atoms with E-state index < -0.39 is 0 Å². The normalized spacial score (nSPS) is 7.50. The van der Waals surface area contributed by atoms with Crippen LogP contribution in [0.1, 0.15) is 0 Å². The van der Waals surface area contributed by atoms with Crippen molar-refractivity contribution in [2.45, 2.75) is 4.90 Å². The molecule has 8 heavy (non-hydrogen) atoms. The van der Waals surface area contributed by atoms with Crippen molar-refractivity contribution in [1.29, 1.82) is 0 Å². The summed E-state index contributed by atoms with van der Waals surface area (Å²) in [6.07, 6.45) is 0. The number of hydrogen-bond acceptors (Lipinski definition) is 1. The summed E-state index contributed by atoms with van der Waals surface area (Å²) < 4.78 is 0. The fourth-order valence-corrected chi connectivity index (χ4v) is 0.578. The molecule has 1 rings (SSSR count). The summed E-state index contributed by atoms with van der Waals surface area (Å²) in [5.74, 6) is 0. The number of rotatable bonds is 0. The first-order valence-electron chi connectivity index (χ1n) is 2.11. The van der Waals surface area contributed by atoms with Crippen LogP contribution in [0, 0.1) is 0 Å². The molecule has 0 aliphatic carbocycles. The van der Waals surface area contributed by atoms with E-state index in [1.807, 2.05) is 30.3 Å². The molecule has 2 heteroatoms. The van der Waals surface area contributed by atoms with Crippen molar-refractivity contribution < 1.29 is 32.7 Å². The van der Waals surface area contributed by atoms with E-state index in [0.29, 0.717) is 0 Å². The van der Waals surface area contributed by atoms with Gasteiger partial charge in [0.25, 0.3) is 0 Å². The SMILES string of the molecule is [S-]c1ccccc1.[Y]. The molecule has 1 aromatic carbocycles. The van der Waals surface area contributed by atoms with Gasteiger partial charge in [-0.3, -0.25) is 0 Å². The topological polar surface area (TPSA) is 0 Å². The number of benzene rings is 1. The molecule has 0 heterocycles. The molecule has 39 valence electrons. The van der Waals surface area contributed by atoms with E-state index in [-0.39, 0.29) is 32.7 Å². The van der Waals surface area contributed by atoms with Crippen LogP contribution < -0.4 is 0 Å². The van der Waals surface area contributed by atoms with Gasteiger partial charge in [0.2, 0.25) is 0 Å². The minimum absolute atomic E-state index is 0. The molecular formula is C6H5SY-. The van der Waals surface area contributed by atoms with Gasteiger partial charge in [-0.25, -0.2) is 0 Å². The van der Waals surface area contributed by atoms with Crippen molar-refractivity contribution in [3.63, 3.8) is 0 Å². The predicted molar refractivity (Wildman–Crippen MR) is 32.1 cm³/mol. The second kappa shape index (κ2) is 4.43. The largest absolute Gasteiger partial charge is 0.780 e. The van der Waals surface area contributed by atoms with E-state index in [9.17, 15) is 0 Å². The van der Waals surface area contributed by atoms with Gasteiger partial charge < -0.3 is 12.6 Å². The Balaban J connectivity index is 0.000000490. The van der Waals surface area contributed by atoms with Gasteiger partial charge in [0.05, 0.1) is 0 Å². The second-order valence-electron chi connectivity index (χ2n) is 1.31. The monoisotopic (exact) mass is 198 g/mol. The quantitative estimate of drug-likeness (QED) is 0.570. The van der Waals surface area contributed by atoms with Crippen LogP contribution in [0.3, 0.4) is 0 Å². The van der Waals surface area contributed by atoms with Crippen LogP contribution in [-0.2, 0) is 45.3 Å². The first-order chi connectivity index (χ1) is 3.39. The van der Waals surface area contributed by atoms with Crippen LogP contribution in [0.2, 0.25) is 0 Å². The summed E-state index contributed by atoms with van der Waals surface area (Å²) in [6.45, 7) is 0. The third-order valence-electron chi connectivity index (χ3n) is 0.743. The van der Waals surface area contributed by atoms with Crippen LogP contribution in [0.4, 0.5) is 0 Å².